The highest BCUT2D eigenvalue weighted by Crippen LogP contribution is 2.19. The highest BCUT2D eigenvalue weighted by molar-refractivity contribution is 5.99. The van der Waals surface area contributed by atoms with Gasteiger partial charge in [-0.1, -0.05) is 18.2 Å². The normalized spacial score (nSPS) is 11.4. The molecule has 0 bridgehead atoms. The van der Waals surface area contributed by atoms with Crippen molar-refractivity contribution < 1.29 is 27.6 Å². The lowest BCUT2D eigenvalue weighted by Gasteiger charge is -2.14. The summed E-state index contributed by atoms with van der Waals surface area (Å²) in [5.74, 6) is -6.62. The quantitative estimate of drug-likeness (QED) is 0.671. The van der Waals surface area contributed by atoms with Gasteiger partial charge >= 0.3 is 0 Å². The average molecular weight is 379 g/mol. The monoisotopic (exact) mass is 379 g/mol. The van der Waals surface area contributed by atoms with Crippen LogP contribution in [0.15, 0.2) is 42.5 Å². The maximum absolute atomic E-state index is 13.5. The molecule has 1 atom stereocenters. The van der Waals surface area contributed by atoms with Crippen LogP contribution in [0.2, 0.25) is 0 Å². The van der Waals surface area contributed by atoms with Gasteiger partial charge in [0.25, 0.3) is 5.91 Å². The van der Waals surface area contributed by atoms with Crippen molar-refractivity contribution in [1.29, 1.82) is 0 Å². The van der Waals surface area contributed by atoms with Crippen molar-refractivity contribution in [3.8, 4) is 0 Å². The molecule has 3 N–H and O–H groups in total. The summed E-state index contributed by atoms with van der Waals surface area (Å²) in [6.45, 7) is 0.867. The molecule has 6 nitrogen and oxygen atoms in total. The SMILES string of the molecule is CC(NC(=O)c1ccccc1)C(=O)NCC(=O)Nc1ccc(F)c(F)c1F. The third-order valence-electron chi connectivity index (χ3n) is 3.51. The Morgan fingerprint density at radius 3 is 2.30 bits per heavy atom. The summed E-state index contributed by atoms with van der Waals surface area (Å²) in [4.78, 5) is 35.6. The predicted octanol–water partition coefficient (Wildman–Crippen LogP) is 1.98. The Morgan fingerprint density at radius 1 is 0.963 bits per heavy atom. The molecule has 0 aliphatic carbocycles. The van der Waals surface area contributed by atoms with Gasteiger partial charge in [-0.3, -0.25) is 14.4 Å². The maximum atomic E-state index is 13.5. The second-order valence-electron chi connectivity index (χ2n) is 5.55. The number of anilines is 1. The molecule has 2 rings (SSSR count). The van der Waals surface area contributed by atoms with Gasteiger partial charge in [-0.15, -0.1) is 0 Å². The minimum absolute atomic E-state index is 0.365. The van der Waals surface area contributed by atoms with Crippen molar-refractivity contribution in [2.24, 2.45) is 0 Å². The number of hydrogen-bond donors (Lipinski definition) is 3. The lowest BCUT2D eigenvalue weighted by atomic mass is 10.2. The van der Waals surface area contributed by atoms with Crippen LogP contribution in [-0.2, 0) is 9.59 Å². The van der Waals surface area contributed by atoms with E-state index in [1.807, 2.05) is 5.32 Å². The standard InChI is InChI=1S/C18H16F3N3O3/c1-10(23-18(27)11-5-3-2-4-6-11)17(26)22-9-14(25)24-13-8-7-12(19)15(20)16(13)21/h2-8,10H,9H2,1H3,(H,22,26)(H,23,27)(H,24,25). The molecule has 0 spiro atoms. The first-order valence-corrected chi connectivity index (χ1v) is 7.86. The molecule has 142 valence electrons. The van der Waals surface area contributed by atoms with Gasteiger partial charge in [0.1, 0.15) is 6.04 Å². The molecule has 0 aliphatic heterocycles. The van der Waals surface area contributed by atoms with Crippen LogP contribution in [0.1, 0.15) is 17.3 Å². The fourth-order valence-electron chi connectivity index (χ4n) is 2.07. The van der Waals surface area contributed by atoms with Crippen molar-refractivity contribution >= 4 is 23.4 Å². The fourth-order valence-corrected chi connectivity index (χ4v) is 2.07. The van der Waals surface area contributed by atoms with Gasteiger partial charge < -0.3 is 16.0 Å². The van der Waals surface area contributed by atoms with E-state index in [9.17, 15) is 27.6 Å². The summed E-state index contributed by atoms with van der Waals surface area (Å²) in [7, 11) is 0. The van der Waals surface area contributed by atoms with Gasteiger partial charge in [0, 0.05) is 5.56 Å². The van der Waals surface area contributed by atoms with Gasteiger partial charge in [0.2, 0.25) is 11.8 Å². The molecular formula is C18H16F3N3O3. The molecule has 9 heteroatoms. The van der Waals surface area contributed by atoms with Crippen LogP contribution in [0.5, 0.6) is 0 Å². The van der Waals surface area contributed by atoms with E-state index in [0.717, 1.165) is 6.07 Å². The van der Waals surface area contributed by atoms with E-state index < -0.39 is 53.4 Å². The summed E-state index contributed by atoms with van der Waals surface area (Å²) in [6.07, 6.45) is 0. The van der Waals surface area contributed by atoms with Crippen molar-refractivity contribution in [2.45, 2.75) is 13.0 Å². The smallest absolute Gasteiger partial charge is 0.251 e. The van der Waals surface area contributed by atoms with Gasteiger partial charge in [-0.05, 0) is 31.2 Å². The molecule has 2 aromatic carbocycles. The average Bonchev–Trinajstić information content (AvgIpc) is 2.67. The predicted molar refractivity (Wildman–Crippen MR) is 91.3 cm³/mol. The Labute approximate surface area is 152 Å². The van der Waals surface area contributed by atoms with Gasteiger partial charge in [0.05, 0.1) is 12.2 Å². The molecule has 0 radical (unpaired) electrons. The molecule has 27 heavy (non-hydrogen) atoms. The van der Waals surface area contributed by atoms with Gasteiger partial charge in [0.15, 0.2) is 17.5 Å². The third kappa shape index (κ3) is 5.30. The van der Waals surface area contributed by atoms with E-state index in [4.69, 9.17) is 0 Å². The first-order valence-electron chi connectivity index (χ1n) is 7.86. The van der Waals surface area contributed by atoms with Crippen molar-refractivity contribution in [3.05, 3.63) is 65.5 Å². The van der Waals surface area contributed by atoms with Gasteiger partial charge in [-0.25, -0.2) is 13.2 Å². The number of amides is 3. The van der Waals surface area contributed by atoms with Gasteiger partial charge in [-0.2, -0.15) is 0 Å². The van der Waals surface area contributed by atoms with Crippen LogP contribution in [0.4, 0.5) is 18.9 Å². The summed E-state index contributed by atoms with van der Waals surface area (Å²) < 4.78 is 39.4. The molecule has 1 unspecified atom stereocenters. The highest BCUT2D eigenvalue weighted by atomic mass is 19.2. The Balaban J connectivity index is 1.85. The van der Waals surface area contributed by atoms with Crippen LogP contribution >= 0.6 is 0 Å². The zero-order chi connectivity index (χ0) is 20.0. The van der Waals surface area contributed by atoms with Crippen molar-refractivity contribution in [1.82, 2.24) is 10.6 Å². The number of carbonyl (C=O) groups is 3. The van der Waals surface area contributed by atoms with E-state index in [0.29, 0.717) is 11.6 Å². The molecule has 0 aromatic heterocycles. The van der Waals surface area contributed by atoms with E-state index in [1.165, 1.54) is 6.92 Å². The fraction of sp³-hybridized carbons (Fsp3) is 0.167. The zero-order valence-corrected chi connectivity index (χ0v) is 14.2. The van der Waals surface area contributed by atoms with Crippen LogP contribution in [-0.4, -0.2) is 30.3 Å². The summed E-state index contributed by atoms with van der Waals surface area (Å²) in [5.41, 5.74) is -0.192. The van der Waals surface area contributed by atoms with Crippen LogP contribution in [0, 0.1) is 17.5 Å². The topological polar surface area (TPSA) is 87.3 Å². The summed E-state index contributed by atoms with van der Waals surface area (Å²) >= 11 is 0. The zero-order valence-electron chi connectivity index (χ0n) is 14.2. The lowest BCUT2D eigenvalue weighted by Crippen LogP contribution is -2.46. The lowest BCUT2D eigenvalue weighted by molar-refractivity contribution is -0.125. The number of benzene rings is 2. The van der Waals surface area contributed by atoms with Crippen molar-refractivity contribution in [3.63, 3.8) is 0 Å². The molecule has 2 aromatic rings. The number of carbonyl (C=O) groups excluding carboxylic acids is 3. The van der Waals surface area contributed by atoms with Crippen molar-refractivity contribution in [2.75, 3.05) is 11.9 Å². The number of rotatable bonds is 6. The molecule has 0 saturated carbocycles. The highest BCUT2D eigenvalue weighted by Gasteiger charge is 2.18. The van der Waals surface area contributed by atoms with E-state index in [-0.39, 0.29) is 0 Å². The molecule has 3 amide bonds. The Bertz CT molecular complexity index is 860. The number of nitrogens with one attached hydrogen (secondary N) is 3. The summed E-state index contributed by atoms with van der Waals surface area (Å²) in [5, 5.41) is 6.72. The van der Waals surface area contributed by atoms with Crippen LogP contribution in [0.3, 0.4) is 0 Å². The molecule has 0 saturated heterocycles. The first kappa shape index (κ1) is 20.0. The maximum Gasteiger partial charge on any atom is 0.251 e. The second kappa shape index (κ2) is 8.84. The Hall–Kier alpha value is -3.36. The largest absolute Gasteiger partial charge is 0.345 e. The van der Waals surface area contributed by atoms with E-state index in [2.05, 4.69) is 10.6 Å². The Morgan fingerprint density at radius 2 is 1.63 bits per heavy atom. The summed E-state index contributed by atoms with van der Waals surface area (Å²) in [6, 6.07) is 8.80. The number of hydrogen-bond acceptors (Lipinski definition) is 3. The van der Waals surface area contributed by atoms with E-state index >= 15 is 0 Å². The van der Waals surface area contributed by atoms with Crippen LogP contribution in [0.25, 0.3) is 0 Å². The number of halogens is 3. The van der Waals surface area contributed by atoms with E-state index in [1.54, 1.807) is 30.3 Å². The molecule has 0 aliphatic rings. The second-order valence-corrected chi connectivity index (χ2v) is 5.55. The minimum atomic E-state index is -1.71. The minimum Gasteiger partial charge on any atom is -0.345 e. The molecular weight excluding hydrogens is 363 g/mol. The van der Waals surface area contributed by atoms with Crippen LogP contribution < -0.4 is 16.0 Å². The Kier molecular flexibility index (Phi) is 6.53. The molecule has 0 heterocycles. The third-order valence-corrected chi connectivity index (χ3v) is 3.51. The molecule has 0 fully saturated rings. The first-order chi connectivity index (χ1) is 12.8.